The molecule has 0 saturated carbocycles. The first-order valence-electron chi connectivity index (χ1n) is 6.10. The maximum atomic E-state index is 12.1. The van der Waals surface area contributed by atoms with E-state index in [0.29, 0.717) is 13.0 Å². The van der Waals surface area contributed by atoms with Crippen LogP contribution in [0.4, 0.5) is 10.5 Å². The Kier molecular flexibility index (Phi) is 4.19. The van der Waals surface area contributed by atoms with Crippen LogP contribution in [0.25, 0.3) is 0 Å². The number of aromatic carboxylic acids is 1. The Hall–Kier alpha value is -1.35. The van der Waals surface area contributed by atoms with Crippen LogP contribution in [0.3, 0.4) is 0 Å². The summed E-state index contributed by atoms with van der Waals surface area (Å²) in [5.41, 5.74) is -0.565. The average Bonchev–Trinajstić information content (AvgIpc) is 2.71. The number of anilines is 1. The van der Waals surface area contributed by atoms with Crippen LogP contribution in [0.2, 0.25) is 0 Å². The Labute approximate surface area is 129 Å². The van der Waals surface area contributed by atoms with E-state index in [1.165, 1.54) is 11.0 Å². The van der Waals surface area contributed by atoms with Gasteiger partial charge in [0.15, 0.2) is 0 Å². The van der Waals surface area contributed by atoms with Crippen molar-refractivity contribution in [2.75, 3.05) is 18.4 Å². The van der Waals surface area contributed by atoms with Crippen LogP contribution in [-0.4, -0.2) is 45.8 Å². The number of rotatable bonds is 2. The normalized spacial score (nSPS) is 21.9. The fraction of sp³-hybridized carbons (Fsp3) is 0.385. The number of halogens is 1. The SMILES string of the molecule is CC1(O)CCN(C(=O)Nc2ccc(I)cc2C(=O)O)C1. The van der Waals surface area contributed by atoms with Gasteiger partial charge in [-0.05, 0) is 54.1 Å². The molecule has 3 N–H and O–H groups in total. The van der Waals surface area contributed by atoms with Gasteiger partial charge in [0.05, 0.1) is 23.4 Å². The Morgan fingerprint density at radius 3 is 2.70 bits per heavy atom. The number of β-amino-alcohol motifs (C(OH)–C–C–N with tert-alkyl or cyclic N) is 1. The summed E-state index contributed by atoms with van der Waals surface area (Å²) < 4.78 is 0.780. The van der Waals surface area contributed by atoms with E-state index in [0.717, 1.165) is 3.57 Å². The predicted molar refractivity (Wildman–Crippen MR) is 82.0 cm³/mol. The Morgan fingerprint density at radius 1 is 1.45 bits per heavy atom. The molecule has 1 fully saturated rings. The molecule has 0 spiro atoms. The second-order valence-corrected chi connectivity index (χ2v) is 6.34. The number of carbonyl (C=O) groups excluding carboxylic acids is 1. The number of nitrogens with zero attached hydrogens (tertiary/aromatic N) is 1. The van der Waals surface area contributed by atoms with Crippen LogP contribution in [0.15, 0.2) is 18.2 Å². The van der Waals surface area contributed by atoms with Gasteiger partial charge < -0.3 is 20.4 Å². The van der Waals surface area contributed by atoms with E-state index in [2.05, 4.69) is 5.32 Å². The van der Waals surface area contributed by atoms with E-state index >= 15 is 0 Å². The first-order chi connectivity index (χ1) is 9.28. The van der Waals surface area contributed by atoms with Gasteiger partial charge >= 0.3 is 12.0 Å². The number of aliphatic hydroxyl groups is 1. The molecule has 0 aliphatic carbocycles. The molecule has 1 aliphatic rings. The quantitative estimate of drug-likeness (QED) is 0.674. The number of hydrogen-bond acceptors (Lipinski definition) is 3. The molecule has 1 aromatic rings. The second-order valence-electron chi connectivity index (χ2n) is 5.09. The minimum absolute atomic E-state index is 0.0520. The number of carboxylic acids is 1. The molecule has 108 valence electrons. The van der Waals surface area contributed by atoms with Crippen LogP contribution >= 0.6 is 22.6 Å². The van der Waals surface area contributed by atoms with Crippen molar-refractivity contribution in [2.24, 2.45) is 0 Å². The highest BCUT2D eigenvalue weighted by Gasteiger charge is 2.34. The minimum Gasteiger partial charge on any atom is -0.478 e. The largest absolute Gasteiger partial charge is 0.478 e. The molecule has 1 heterocycles. The van der Waals surface area contributed by atoms with E-state index in [-0.39, 0.29) is 17.8 Å². The molecule has 1 aliphatic heterocycles. The van der Waals surface area contributed by atoms with E-state index in [1.807, 2.05) is 22.6 Å². The summed E-state index contributed by atoms with van der Waals surface area (Å²) in [6.07, 6.45) is 0.513. The highest BCUT2D eigenvalue weighted by atomic mass is 127. The number of carbonyl (C=O) groups is 2. The zero-order valence-electron chi connectivity index (χ0n) is 10.9. The van der Waals surface area contributed by atoms with Gasteiger partial charge in [-0.25, -0.2) is 9.59 Å². The van der Waals surface area contributed by atoms with Crippen LogP contribution in [-0.2, 0) is 0 Å². The molecule has 1 atom stereocenters. The molecule has 0 bridgehead atoms. The fourth-order valence-corrected chi connectivity index (χ4v) is 2.61. The van der Waals surface area contributed by atoms with E-state index in [1.54, 1.807) is 19.1 Å². The lowest BCUT2D eigenvalue weighted by atomic mass is 10.1. The van der Waals surface area contributed by atoms with Crippen LogP contribution in [0.5, 0.6) is 0 Å². The summed E-state index contributed by atoms with van der Waals surface area (Å²) in [4.78, 5) is 24.7. The summed E-state index contributed by atoms with van der Waals surface area (Å²) >= 11 is 2.01. The van der Waals surface area contributed by atoms with Crippen molar-refractivity contribution in [1.29, 1.82) is 0 Å². The first kappa shape index (κ1) is 15.0. The minimum atomic E-state index is -1.09. The standard InChI is InChI=1S/C13H15IN2O4/c1-13(20)4-5-16(7-13)12(19)15-10-3-2-8(14)6-9(10)11(17)18/h2-3,6,20H,4-5,7H2,1H3,(H,15,19)(H,17,18). The number of nitrogens with one attached hydrogen (secondary N) is 1. The highest BCUT2D eigenvalue weighted by molar-refractivity contribution is 14.1. The molecule has 0 aromatic heterocycles. The molecule has 2 rings (SSSR count). The lowest BCUT2D eigenvalue weighted by Crippen LogP contribution is -2.36. The van der Waals surface area contributed by atoms with Gasteiger partial charge in [-0.1, -0.05) is 0 Å². The summed E-state index contributed by atoms with van der Waals surface area (Å²) in [6, 6.07) is 4.39. The van der Waals surface area contributed by atoms with Crippen molar-refractivity contribution in [3.05, 3.63) is 27.3 Å². The van der Waals surface area contributed by atoms with Gasteiger partial charge in [-0.3, -0.25) is 0 Å². The van der Waals surface area contributed by atoms with Crippen LogP contribution < -0.4 is 5.32 Å². The Balaban J connectivity index is 2.14. The second kappa shape index (κ2) is 5.57. The third kappa shape index (κ3) is 3.40. The van der Waals surface area contributed by atoms with Crippen molar-refractivity contribution < 1.29 is 19.8 Å². The van der Waals surface area contributed by atoms with Crippen LogP contribution in [0.1, 0.15) is 23.7 Å². The third-order valence-electron chi connectivity index (χ3n) is 3.19. The maximum absolute atomic E-state index is 12.1. The van der Waals surface area contributed by atoms with Gasteiger partial charge in [-0.2, -0.15) is 0 Å². The smallest absolute Gasteiger partial charge is 0.337 e. The van der Waals surface area contributed by atoms with Gasteiger partial charge in [0.25, 0.3) is 0 Å². The van der Waals surface area contributed by atoms with E-state index in [4.69, 9.17) is 5.11 Å². The van der Waals surface area contributed by atoms with Gasteiger partial charge in [0, 0.05) is 10.1 Å². The van der Waals surface area contributed by atoms with Crippen molar-refractivity contribution in [3.8, 4) is 0 Å². The molecule has 0 radical (unpaired) electrons. The number of urea groups is 1. The molecule has 7 heteroatoms. The average molecular weight is 390 g/mol. The number of hydrogen-bond donors (Lipinski definition) is 3. The number of carboxylic acid groups (broad SMARTS) is 1. The van der Waals surface area contributed by atoms with Crippen molar-refractivity contribution in [1.82, 2.24) is 4.90 Å². The lowest BCUT2D eigenvalue weighted by molar-refractivity contribution is 0.0695. The molecule has 6 nitrogen and oxygen atoms in total. The van der Waals surface area contributed by atoms with E-state index < -0.39 is 17.6 Å². The summed E-state index contributed by atoms with van der Waals surface area (Å²) in [5.74, 6) is -1.09. The van der Waals surface area contributed by atoms with Crippen molar-refractivity contribution >= 4 is 40.3 Å². The maximum Gasteiger partial charge on any atom is 0.337 e. The zero-order valence-corrected chi connectivity index (χ0v) is 13.0. The zero-order chi connectivity index (χ0) is 14.9. The fourth-order valence-electron chi connectivity index (χ4n) is 2.12. The molecule has 1 unspecified atom stereocenters. The summed E-state index contributed by atoms with van der Waals surface area (Å²) in [5, 5.41) is 21.6. The third-order valence-corrected chi connectivity index (χ3v) is 3.86. The number of benzene rings is 1. The first-order valence-corrected chi connectivity index (χ1v) is 7.17. The summed E-state index contributed by atoms with van der Waals surface area (Å²) in [6.45, 7) is 2.37. The topological polar surface area (TPSA) is 89.9 Å². The summed E-state index contributed by atoms with van der Waals surface area (Å²) in [7, 11) is 0. The molecule has 1 aromatic carbocycles. The van der Waals surface area contributed by atoms with Gasteiger partial charge in [-0.15, -0.1) is 0 Å². The van der Waals surface area contributed by atoms with Crippen molar-refractivity contribution in [3.63, 3.8) is 0 Å². The van der Waals surface area contributed by atoms with E-state index in [9.17, 15) is 14.7 Å². The molecule has 20 heavy (non-hydrogen) atoms. The molecular weight excluding hydrogens is 375 g/mol. The predicted octanol–water partition coefficient (Wildman–Crippen LogP) is 1.98. The molecule has 1 saturated heterocycles. The number of amides is 2. The highest BCUT2D eigenvalue weighted by Crippen LogP contribution is 2.23. The molecular formula is C13H15IN2O4. The Bertz CT molecular complexity index is 559. The van der Waals surface area contributed by atoms with Crippen LogP contribution in [0, 0.1) is 3.57 Å². The van der Waals surface area contributed by atoms with Gasteiger partial charge in [0.2, 0.25) is 0 Å². The Morgan fingerprint density at radius 2 is 2.15 bits per heavy atom. The van der Waals surface area contributed by atoms with Crippen molar-refractivity contribution in [2.45, 2.75) is 18.9 Å². The lowest BCUT2D eigenvalue weighted by Gasteiger charge is -2.20. The number of likely N-dealkylation sites (tertiary alicyclic amines) is 1. The monoisotopic (exact) mass is 390 g/mol. The van der Waals surface area contributed by atoms with Gasteiger partial charge in [0.1, 0.15) is 0 Å². The molecule has 2 amide bonds.